The van der Waals surface area contributed by atoms with Crippen molar-refractivity contribution >= 4 is 0 Å². The van der Waals surface area contributed by atoms with Crippen LogP contribution in [-0.4, -0.2) is 16.8 Å². The van der Waals surface area contributed by atoms with E-state index in [1.54, 1.807) is 6.07 Å². The number of aromatic hydroxyl groups is 1. The van der Waals surface area contributed by atoms with E-state index in [0.717, 1.165) is 12.0 Å². The van der Waals surface area contributed by atoms with E-state index in [0.29, 0.717) is 6.42 Å². The highest BCUT2D eigenvalue weighted by Crippen LogP contribution is 2.18. The van der Waals surface area contributed by atoms with E-state index in [-0.39, 0.29) is 12.4 Å². The maximum absolute atomic E-state index is 9.35. The highest BCUT2D eigenvalue weighted by atomic mass is 16.3. The third kappa shape index (κ3) is 1.98. The zero-order chi connectivity index (χ0) is 8.97. The molecule has 0 aliphatic rings. The van der Waals surface area contributed by atoms with Crippen molar-refractivity contribution in [2.24, 2.45) is 0 Å². The summed E-state index contributed by atoms with van der Waals surface area (Å²) in [5.74, 6) is 0.279. The zero-order valence-electron chi connectivity index (χ0n) is 7.25. The number of phenolic OH excluding ortho intramolecular Hbond substituents is 1. The average molecular weight is 166 g/mol. The van der Waals surface area contributed by atoms with Crippen molar-refractivity contribution in [2.45, 2.75) is 19.8 Å². The molecular weight excluding hydrogens is 152 g/mol. The Morgan fingerprint density at radius 2 is 2.08 bits per heavy atom. The van der Waals surface area contributed by atoms with Crippen LogP contribution in [0, 0.1) is 0 Å². The standard InChI is InChI=1S/C10H14O2/c1-2-8-3-4-10(12)9(7-8)5-6-11/h3-4,7,11-12H,2,5-6H2,1H3. The molecule has 0 unspecified atom stereocenters. The molecule has 66 valence electrons. The third-order valence-electron chi connectivity index (χ3n) is 1.93. The first-order chi connectivity index (χ1) is 5.77. The second-order valence-corrected chi connectivity index (χ2v) is 2.79. The van der Waals surface area contributed by atoms with Crippen molar-refractivity contribution in [2.75, 3.05) is 6.61 Å². The lowest BCUT2D eigenvalue weighted by molar-refractivity contribution is 0.297. The molecule has 0 atom stereocenters. The molecule has 0 amide bonds. The molecular formula is C10H14O2. The topological polar surface area (TPSA) is 40.5 Å². The smallest absolute Gasteiger partial charge is 0.118 e. The fourth-order valence-corrected chi connectivity index (χ4v) is 1.18. The number of phenols is 1. The Labute approximate surface area is 72.5 Å². The van der Waals surface area contributed by atoms with Crippen LogP contribution in [0.2, 0.25) is 0 Å². The van der Waals surface area contributed by atoms with Gasteiger partial charge in [0, 0.05) is 6.61 Å². The molecule has 2 nitrogen and oxygen atoms in total. The van der Waals surface area contributed by atoms with Crippen LogP contribution in [0.3, 0.4) is 0 Å². The number of benzene rings is 1. The monoisotopic (exact) mass is 166 g/mol. The minimum atomic E-state index is 0.0841. The molecule has 1 aromatic carbocycles. The fraction of sp³-hybridized carbons (Fsp3) is 0.400. The van der Waals surface area contributed by atoms with Crippen LogP contribution in [0.1, 0.15) is 18.1 Å². The summed E-state index contributed by atoms with van der Waals surface area (Å²) in [5, 5.41) is 18.0. The SMILES string of the molecule is CCc1ccc(O)c(CCO)c1. The van der Waals surface area contributed by atoms with Crippen LogP contribution < -0.4 is 0 Å². The predicted molar refractivity (Wildman–Crippen MR) is 48.3 cm³/mol. The van der Waals surface area contributed by atoms with Gasteiger partial charge in [0.15, 0.2) is 0 Å². The molecule has 0 aromatic heterocycles. The maximum Gasteiger partial charge on any atom is 0.118 e. The number of hydrogen-bond acceptors (Lipinski definition) is 2. The minimum Gasteiger partial charge on any atom is -0.508 e. The van der Waals surface area contributed by atoms with Crippen molar-refractivity contribution in [3.63, 3.8) is 0 Å². The molecule has 0 aliphatic heterocycles. The van der Waals surface area contributed by atoms with Gasteiger partial charge in [-0.2, -0.15) is 0 Å². The Balaban J connectivity index is 2.91. The minimum absolute atomic E-state index is 0.0841. The quantitative estimate of drug-likeness (QED) is 0.714. The van der Waals surface area contributed by atoms with Gasteiger partial charge in [0.2, 0.25) is 0 Å². The highest BCUT2D eigenvalue weighted by Gasteiger charge is 2.00. The van der Waals surface area contributed by atoms with Gasteiger partial charge in [-0.15, -0.1) is 0 Å². The molecule has 0 radical (unpaired) electrons. The predicted octanol–water partition coefficient (Wildman–Crippen LogP) is 1.49. The molecule has 0 heterocycles. The van der Waals surface area contributed by atoms with Crippen LogP contribution in [0.4, 0.5) is 0 Å². The van der Waals surface area contributed by atoms with E-state index in [4.69, 9.17) is 5.11 Å². The van der Waals surface area contributed by atoms with E-state index in [9.17, 15) is 5.11 Å². The van der Waals surface area contributed by atoms with E-state index < -0.39 is 0 Å². The molecule has 2 heteroatoms. The number of aryl methyl sites for hydroxylation is 1. The van der Waals surface area contributed by atoms with Crippen molar-refractivity contribution in [3.05, 3.63) is 29.3 Å². The van der Waals surface area contributed by atoms with Crippen LogP contribution >= 0.6 is 0 Å². The van der Waals surface area contributed by atoms with Crippen molar-refractivity contribution in [3.8, 4) is 5.75 Å². The second-order valence-electron chi connectivity index (χ2n) is 2.79. The van der Waals surface area contributed by atoms with Gasteiger partial charge in [-0.05, 0) is 30.0 Å². The first kappa shape index (κ1) is 9.07. The van der Waals surface area contributed by atoms with Crippen molar-refractivity contribution in [1.29, 1.82) is 0 Å². The zero-order valence-corrected chi connectivity index (χ0v) is 7.25. The summed E-state index contributed by atoms with van der Waals surface area (Å²) in [6.45, 7) is 2.15. The van der Waals surface area contributed by atoms with Gasteiger partial charge < -0.3 is 10.2 Å². The van der Waals surface area contributed by atoms with Gasteiger partial charge in [-0.25, -0.2) is 0 Å². The molecule has 0 fully saturated rings. The van der Waals surface area contributed by atoms with Gasteiger partial charge >= 0.3 is 0 Å². The Morgan fingerprint density at radius 1 is 1.33 bits per heavy atom. The normalized spacial score (nSPS) is 10.2. The second kappa shape index (κ2) is 4.12. The van der Waals surface area contributed by atoms with Gasteiger partial charge in [-0.1, -0.05) is 19.1 Å². The summed E-state index contributed by atoms with van der Waals surface area (Å²) >= 11 is 0. The number of rotatable bonds is 3. The summed E-state index contributed by atoms with van der Waals surface area (Å²) < 4.78 is 0. The van der Waals surface area contributed by atoms with E-state index in [1.165, 1.54) is 5.56 Å². The number of hydrogen-bond donors (Lipinski definition) is 2. The van der Waals surface area contributed by atoms with E-state index in [1.807, 2.05) is 12.1 Å². The highest BCUT2D eigenvalue weighted by molar-refractivity contribution is 5.36. The maximum atomic E-state index is 9.35. The fourth-order valence-electron chi connectivity index (χ4n) is 1.18. The Hall–Kier alpha value is -1.02. The molecule has 0 aliphatic carbocycles. The Bertz CT molecular complexity index is 256. The molecule has 1 rings (SSSR count). The lowest BCUT2D eigenvalue weighted by Crippen LogP contribution is -1.92. The van der Waals surface area contributed by atoms with Crippen LogP contribution in [0.25, 0.3) is 0 Å². The summed E-state index contributed by atoms with van der Waals surface area (Å²) in [7, 11) is 0. The Kier molecular flexibility index (Phi) is 3.11. The number of aliphatic hydroxyl groups is 1. The summed E-state index contributed by atoms with van der Waals surface area (Å²) in [5.41, 5.74) is 2.02. The molecule has 0 saturated heterocycles. The van der Waals surface area contributed by atoms with Gasteiger partial charge in [0.05, 0.1) is 0 Å². The third-order valence-corrected chi connectivity index (χ3v) is 1.93. The van der Waals surface area contributed by atoms with E-state index in [2.05, 4.69) is 6.92 Å². The Morgan fingerprint density at radius 3 is 2.67 bits per heavy atom. The molecule has 0 saturated carbocycles. The first-order valence-corrected chi connectivity index (χ1v) is 4.19. The lowest BCUT2D eigenvalue weighted by atomic mass is 10.1. The number of aliphatic hydroxyl groups excluding tert-OH is 1. The molecule has 12 heavy (non-hydrogen) atoms. The van der Waals surface area contributed by atoms with E-state index >= 15 is 0 Å². The lowest BCUT2D eigenvalue weighted by Gasteiger charge is -2.04. The summed E-state index contributed by atoms with van der Waals surface area (Å²) in [6.07, 6.45) is 1.48. The van der Waals surface area contributed by atoms with Crippen LogP contribution in [0.15, 0.2) is 18.2 Å². The van der Waals surface area contributed by atoms with Crippen LogP contribution in [-0.2, 0) is 12.8 Å². The molecule has 1 aromatic rings. The molecule has 2 N–H and O–H groups in total. The average Bonchev–Trinajstić information content (AvgIpc) is 2.09. The molecule has 0 spiro atoms. The first-order valence-electron chi connectivity index (χ1n) is 4.19. The van der Waals surface area contributed by atoms with Gasteiger partial charge in [0.1, 0.15) is 5.75 Å². The van der Waals surface area contributed by atoms with Crippen molar-refractivity contribution in [1.82, 2.24) is 0 Å². The van der Waals surface area contributed by atoms with Crippen LogP contribution in [0.5, 0.6) is 5.75 Å². The van der Waals surface area contributed by atoms with Crippen molar-refractivity contribution < 1.29 is 10.2 Å². The summed E-state index contributed by atoms with van der Waals surface area (Å²) in [4.78, 5) is 0. The van der Waals surface area contributed by atoms with Gasteiger partial charge in [0.25, 0.3) is 0 Å². The van der Waals surface area contributed by atoms with Gasteiger partial charge in [-0.3, -0.25) is 0 Å². The largest absolute Gasteiger partial charge is 0.508 e. The molecule has 0 bridgehead atoms. The summed E-state index contributed by atoms with van der Waals surface area (Å²) in [6, 6.07) is 5.52.